The van der Waals surface area contributed by atoms with E-state index < -0.39 is 39.8 Å². The second kappa shape index (κ2) is 5.88. The Morgan fingerprint density at radius 2 is 1.92 bits per heavy atom. The summed E-state index contributed by atoms with van der Waals surface area (Å²) >= 11 is 0. The number of ketones is 1. The van der Waals surface area contributed by atoms with Crippen molar-refractivity contribution in [3.05, 3.63) is 29.1 Å². The first-order valence-electron chi connectivity index (χ1n) is 8.19. The number of alkyl halides is 1. The third kappa shape index (κ3) is 2.67. The van der Waals surface area contributed by atoms with Crippen LogP contribution in [0.1, 0.15) is 55.5 Å². The van der Waals surface area contributed by atoms with Crippen LogP contribution in [0.4, 0.5) is 8.78 Å². The number of hydrogen-bond acceptors (Lipinski definition) is 3. The fourth-order valence-corrected chi connectivity index (χ4v) is 5.77. The number of carbonyl (C=O) groups is 1. The summed E-state index contributed by atoms with van der Waals surface area (Å²) in [6.45, 7) is 4.04. The number of fused-ring (bicyclic) bond motifs is 1. The molecule has 0 spiro atoms. The topological polar surface area (TPSA) is 54.5 Å². The highest BCUT2D eigenvalue weighted by molar-refractivity contribution is 7.89. The maximum atomic E-state index is 13.9. The monoisotopic (exact) mass is 357 g/mol. The molecule has 0 saturated carbocycles. The van der Waals surface area contributed by atoms with Crippen LogP contribution < -0.4 is 0 Å². The molecule has 1 heterocycles. The van der Waals surface area contributed by atoms with Crippen LogP contribution in [-0.4, -0.2) is 36.8 Å². The predicted octanol–water partition coefficient (Wildman–Crippen LogP) is 3.25. The maximum Gasteiger partial charge on any atom is 0.244 e. The largest absolute Gasteiger partial charge is 0.291 e. The molecule has 0 radical (unpaired) electrons. The highest BCUT2D eigenvalue weighted by atomic mass is 32.2. The summed E-state index contributed by atoms with van der Waals surface area (Å²) in [6.07, 6.45) is 1.02. The van der Waals surface area contributed by atoms with Crippen molar-refractivity contribution in [3.8, 4) is 0 Å². The first-order chi connectivity index (χ1) is 11.2. The second-order valence-corrected chi connectivity index (χ2v) is 8.97. The maximum absolute atomic E-state index is 13.9. The number of hydrogen-bond donors (Lipinski definition) is 0. The lowest BCUT2D eigenvalue weighted by molar-refractivity contribution is 0.0896. The van der Waals surface area contributed by atoms with Gasteiger partial charge in [-0.15, -0.1) is 0 Å². The van der Waals surface area contributed by atoms with Crippen LogP contribution in [0.25, 0.3) is 0 Å². The van der Waals surface area contributed by atoms with Crippen LogP contribution in [0.15, 0.2) is 17.0 Å². The molecule has 4 nitrogen and oxygen atoms in total. The number of halogens is 2. The van der Waals surface area contributed by atoms with E-state index in [9.17, 15) is 22.0 Å². The van der Waals surface area contributed by atoms with Crippen molar-refractivity contribution in [2.45, 2.75) is 62.6 Å². The van der Waals surface area contributed by atoms with E-state index >= 15 is 0 Å². The highest BCUT2D eigenvalue weighted by Gasteiger charge is 2.43. The Kier molecular flexibility index (Phi) is 4.28. The molecule has 1 saturated heterocycles. The Hall–Kier alpha value is -1.34. The molecule has 1 aliphatic heterocycles. The van der Waals surface area contributed by atoms with Crippen LogP contribution in [0.3, 0.4) is 0 Å². The molecule has 2 aliphatic rings. The molecule has 0 amide bonds. The molecule has 3 rings (SSSR count). The normalized spacial score (nSPS) is 24.7. The van der Waals surface area contributed by atoms with E-state index in [4.69, 9.17) is 0 Å². The molecule has 1 atom stereocenters. The number of benzene rings is 1. The summed E-state index contributed by atoms with van der Waals surface area (Å²) in [4.78, 5) is 11.8. The lowest BCUT2D eigenvalue weighted by Crippen LogP contribution is -2.47. The fourth-order valence-electron chi connectivity index (χ4n) is 3.70. The van der Waals surface area contributed by atoms with Crippen molar-refractivity contribution in [2.24, 2.45) is 0 Å². The highest BCUT2D eigenvalue weighted by Crippen LogP contribution is 2.37. The molecule has 0 aromatic heterocycles. The first kappa shape index (κ1) is 17.5. The van der Waals surface area contributed by atoms with E-state index in [1.54, 1.807) is 0 Å². The van der Waals surface area contributed by atoms with E-state index in [2.05, 4.69) is 0 Å². The zero-order valence-electron chi connectivity index (χ0n) is 13.8. The molecular formula is C17H21F2NO3S. The third-order valence-corrected chi connectivity index (χ3v) is 7.18. The van der Waals surface area contributed by atoms with E-state index in [0.29, 0.717) is 13.0 Å². The van der Waals surface area contributed by atoms with Gasteiger partial charge in [-0.05, 0) is 38.8 Å². The SMILES string of the molecule is CC1(C)CCCCCN1S(=O)(=O)c1ccc(F)c2c1C(=O)C(F)C2. The van der Waals surface area contributed by atoms with E-state index in [1.165, 1.54) is 4.31 Å². The lowest BCUT2D eigenvalue weighted by atomic mass is 9.99. The van der Waals surface area contributed by atoms with Crippen LogP contribution >= 0.6 is 0 Å². The first-order valence-corrected chi connectivity index (χ1v) is 9.63. The standard InChI is InChI=1S/C17H21F2NO3S/c1-17(2)8-4-3-5-9-20(17)24(22,23)14-7-6-12(18)11-10-13(19)16(21)15(11)14/h6-7,13H,3-5,8-10H2,1-2H3. The van der Waals surface area contributed by atoms with Gasteiger partial charge >= 0.3 is 0 Å². The third-order valence-electron chi connectivity index (χ3n) is 5.02. The van der Waals surface area contributed by atoms with Gasteiger partial charge in [-0.3, -0.25) is 4.79 Å². The van der Waals surface area contributed by atoms with E-state index in [0.717, 1.165) is 31.4 Å². The van der Waals surface area contributed by atoms with Gasteiger partial charge in [0.15, 0.2) is 12.0 Å². The van der Waals surface area contributed by atoms with Gasteiger partial charge in [0, 0.05) is 29.6 Å². The lowest BCUT2D eigenvalue weighted by Gasteiger charge is -2.36. The Balaban J connectivity index is 2.15. The molecule has 0 bridgehead atoms. The van der Waals surface area contributed by atoms with Gasteiger partial charge < -0.3 is 0 Å². The van der Waals surface area contributed by atoms with Gasteiger partial charge in [0.2, 0.25) is 10.0 Å². The summed E-state index contributed by atoms with van der Waals surface area (Å²) in [5.41, 5.74) is -1.03. The smallest absolute Gasteiger partial charge is 0.244 e. The molecule has 0 N–H and O–H groups in total. The quantitative estimate of drug-likeness (QED) is 0.816. The number of Topliss-reactive ketones (excluding diaryl/α,β-unsaturated/α-hetero) is 1. The fraction of sp³-hybridized carbons (Fsp3) is 0.588. The average Bonchev–Trinajstić information content (AvgIpc) is 2.68. The molecule has 1 aliphatic carbocycles. The van der Waals surface area contributed by atoms with Crippen LogP contribution in [0, 0.1) is 5.82 Å². The van der Waals surface area contributed by atoms with Gasteiger partial charge in [-0.2, -0.15) is 4.31 Å². The minimum absolute atomic E-state index is 0.124. The van der Waals surface area contributed by atoms with Gasteiger partial charge in [-0.1, -0.05) is 12.8 Å². The summed E-state index contributed by atoms with van der Waals surface area (Å²) in [5, 5.41) is 0. The van der Waals surface area contributed by atoms with Crippen molar-refractivity contribution in [2.75, 3.05) is 6.54 Å². The predicted molar refractivity (Wildman–Crippen MR) is 85.8 cm³/mol. The van der Waals surface area contributed by atoms with Gasteiger partial charge in [0.05, 0.1) is 4.90 Å². The van der Waals surface area contributed by atoms with Gasteiger partial charge in [0.1, 0.15) is 5.82 Å². The molecule has 1 unspecified atom stereocenters. The molecule has 24 heavy (non-hydrogen) atoms. The Bertz CT molecular complexity index is 789. The number of rotatable bonds is 2. The Morgan fingerprint density at radius 1 is 1.21 bits per heavy atom. The molecule has 7 heteroatoms. The second-order valence-electron chi connectivity index (χ2n) is 7.14. The minimum Gasteiger partial charge on any atom is -0.291 e. The zero-order chi connectivity index (χ0) is 17.7. The molecule has 1 aromatic carbocycles. The summed E-state index contributed by atoms with van der Waals surface area (Å²) in [7, 11) is -4.01. The van der Waals surface area contributed by atoms with Gasteiger partial charge in [-0.25, -0.2) is 17.2 Å². The number of carbonyl (C=O) groups excluding carboxylic acids is 1. The van der Waals surface area contributed by atoms with Crippen LogP contribution in [-0.2, 0) is 16.4 Å². The van der Waals surface area contributed by atoms with Crippen molar-refractivity contribution < 1.29 is 22.0 Å². The van der Waals surface area contributed by atoms with Crippen molar-refractivity contribution >= 4 is 15.8 Å². The summed E-state index contributed by atoms with van der Waals surface area (Å²) < 4.78 is 55.5. The number of nitrogens with zero attached hydrogens (tertiary/aromatic N) is 1. The van der Waals surface area contributed by atoms with Gasteiger partial charge in [0.25, 0.3) is 0 Å². The van der Waals surface area contributed by atoms with Crippen LogP contribution in [0.2, 0.25) is 0 Å². The number of sulfonamides is 1. The molecule has 132 valence electrons. The summed E-state index contributed by atoms with van der Waals surface area (Å²) in [5.74, 6) is -1.66. The molecule has 1 aromatic rings. The van der Waals surface area contributed by atoms with Crippen molar-refractivity contribution in [3.63, 3.8) is 0 Å². The Labute approximate surface area is 140 Å². The van der Waals surface area contributed by atoms with Crippen LogP contribution in [0.5, 0.6) is 0 Å². The van der Waals surface area contributed by atoms with E-state index in [-0.39, 0.29) is 16.0 Å². The summed E-state index contributed by atoms with van der Waals surface area (Å²) in [6, 6.07) is 2.11. The van der Waals surface area contributed by atoms with Crippen molar-refractivity contribution in [1.82, 2.24) is 4.31 Å². The molecule has 1 fully saturated rings. The van der Waals surface area contributed by atoms with Crippen molar-refractivity contribution in [1.29, 1.82) is 0 Å². The Morgan fingerprint density at radius 3 is 2.62 bits per heavy atom. The van der Waals surface area contributed by atoms with E-state index in [1.807, 2.05) is 13.8 Å². The minimum atomic E-state index is -4.01. The molecular weight excluding hydrogens is 336 g/mol. The zero-order valence-corrected chi connectivity index (χ0v) is 14.6. The average molecular weight is 357 g/mol.